The Morgan fingerprint density at radius 2 is 2.52 bits per heavy atom. The lowest BCUT2D eigenvalue weighted by atomic mass is 9.94. The first-order valence-electron chi connectivity index (χ1n) is 6.97. The van der Waals surface area contributed by atoms with E-state index < -0.39 is 6.04 Å². The zero-order valence-corrected chi connectivity index (χ0v) is 12.4. The molecular weight excluding hydrogens is 288 g/mol. The Morgan fingerprint density at radius 3 is 3.24 bits per heavy atom. The highest BCUT2D eigenvalue weighted by Crippen LogP contribution is 2.24. The van der Waals surface area contributed by atoms with Gasteiger partial charge in [0.15, 0.2) is 5.82 Å². The Kier molecular flexibility index (Phi) is 4.33. The number of aromatic nitrogens is 2. The van der Waals surface area contributed by atoms with Crippen molar-refractivity contribution in [3.8, 4) is 10.6 Å². The number of nitrogens with zero attached hydrogens (tertiary/aromatic N) is 1. The Bertz CT molecular complexity index is 590. The van der Waals surface area contributed by atoms with E-state index in [0.29, 0.717) is 12.4 Å². The molecule has 7 heteroatoms. The van der Waals surface area contributed by atoms with Gasteiger partial charge in [-0.2, -0.15) is 5.10 Å². The second kappa shape index (κ2) is 6.38. The minimum Gasteiger partial charge on any atom is -0.381 e. The number of hydrogen-bond acceptors (Lipinski definition) is 5. The smallest absolute Gasteiger partial charge is 0.242 e. The lowest BCUT2D eigenvalue weighted by Crippen LogP contribution is -2.45. The second-order valence-corrected chi connectivity index (χ2v) is 6.08. The van der Waals surface area contributed by atoms with Crippen LogP contribution in [0.4, 0.5) is 5.82 Å². The van der Waals surface area contributed by atoms with Crippen LogP contribution in [-0.4, -0.2) is 35.4 Å². The molecule has 1 aliphatic heterocycles. The number of hydrogen-bond donors (Lipinski definition) is 3. The molecule has 0 aromatic carbocycles. The van der Waals surface area contributed by atoms with E-state index in [2.05, 4.69) is 15.5 Å². The topological polar surface area (TPSA) is 93.0 Å². The molecule has 0 bridgehead atoms. The fourth-order valence-corrected chi connectivity index (χ4v) is 3.11. The SMILES string of the molecule is NC(C(=O)Nc1cc(-c2cccs2)[nH]n1)C1CCCOC1. The maximum Gasteiger partial charge on any atom is 0.242 e. The molecule has 3 heterocycles. The molecule has 3 rings (SSSR count). The summed E-state index contributed by atoms with van der Waals surface area (Å²) in [5.74, 6) is 0.361. The summed E-state index contributed by atoms with van der Waals surface area (Å²) in [5, 5.41) is 11.8. The van der Waals surface area contributed by atoms with Crippen molar-refractivity contribution in [3.05, 3.63) is 23.6 Å². The molecular formula is C14H18N4O2S. The molecule has 0 radical (unpaired) electrons. The number of H-pyrrole nitrogens is 1. The fraction of sp³-hybridized carbons (Fsp3) is 0.429. The average molecular weight is 306 g/mol. The Labute approximate surface area is 126 Å². The third-order valence-corrected chi connectivity index (χ3v) is 4.53. The van der Waals surface area contributed by atoms with Crippen LogP contribution >= 0.6 is 11.3 Å². The van der Waals surface area contributed by atoms with Crippen LogP contribution in [0.1, 0.15) is 12.8 Å². The lowest BCUT2D eigenvalue weighted by molar-refractivity contribution is -0.119. The monoisotopic (exact) mass is 306 g/mol. The van der Waals surface area contributed by atoms with Crippen LogP contribution in [-0.2, 0) is 9.53 Å². The van der Waals surface area contributed by atoms with Gasteiger partial charge in [-0.1, -0.05) is 6.07 Å². The molecule has 2 unspecified atom stereocenters. The van der Waals surface area contributed by atoms with Gasteiger partial charge in [-0.25, -0.2) is 0 Å². The van der Waals surface area contributed by atoms with Gasteiger partial charge in [0.2, 0.25) is 5.91 Å². The van der Waals surface area contributed by atoms with Gasteiger partial charge in [0.25, 0.3) is 0 Å². The number of thiophene rings is 1. The van der Waals surface area contributed by atoms with Gasteiger partial charge in [0.1, 0.15) is 0 Å². The van der Waals surface area contributed by atoms with Crippen molar-refractivity contribution in [2.45, 2.75) is 18.9 Å². The normalized spacial score (nSPS) is 20.1. The lowest BCUT2D eigenvalue weighted by Gasteiger charge is -2.26. The van der Waals surface area contributed by atoms with Gasteiger partial charge in [-0.15, -0.1) is 11.3 Å². The van der Waals surface area contributed by atoms with E-state index in [0.717, 1.165) is 30.0 Å². The molecule has 0 saturated carbocycles. The third kappa shape index (κ3) is 3.31. The minimum absolute atomic E-state index is 0.0782. The third-order valence-electron chi connectivity index (χ3n) is 3.62. The maximum absolute atomic E-state index is 12.2. The van der Waals surface area contributed by atoms with Gasteiger partial charge in [0, 0.05) is 18.6 Å². The number of rotatable bonds is 4. The van der Waals surface area contributed by atoms with E-state index >= 15 is 0 Å². The predicted octanol–water partition coefficient (Wildman–Crippen LogP) is 1.83. The van der Waals surface area contributed by atoms with Crippen LogP contribution in [0, 0.1) is 5.92 Å². The van der Waals surface area contributed by atoms with Crippen molar-refractivity contribution in [2.75, 3.05) is 18.5 Å². The van der Waals surface area contributed by atoms with Crippen LogP contribution in [0.2, 0.25) is 0 Å². The van der Waals surface area contributed by atoms with E-state index in [1.807, 2.05) is 23.6 Å². The summed E-state index contributed by atoms with van der Waals surface area (Å²) < 4.78 is 5.38. The van der Waals surface area contributed by atoms with Crippen LogP contribution in [0.15, 0.2) is 23.6 Å². The Balaban J connectivity index is 1.62. The standard InChI is InChI=1S/C14H18N4O2S/c15-13(9-3-1-5-20-8-9)14(19)16-12-7-10(17-18-12)11-4-2-6-21-11/h2,4,6-7,9,13H,1,3,5,8,15H2,(H2,16,17,18,19). The maximum atomic E-state index is 12.2. The van der Waals surface area contributed by atoms with E-state index in [1.54, 1.807) is 11.3 Å². The first-order chi connectivity index (χ1) is 10.2. The Morgan fingerprint density at radius 1 is 1.62 bits per heavy atom. The number of anilines is 1. The number of carbonyl (C=O) groups is 1. The van der Waals surface area contributed by atoms with Crippen molar-refractivity contribution >= 4 is 23.1 Å². The highest BCUT2D eigenvalue weighted by molar-refractivity contribution is 7.13. The minimum atomic E-state index is -0.563. The van der Waals surface area contributed by atoms with Crippen molar-refractivity contribution < 1.29 is 9.53 Å². The number of amides is 1. The quantitative estimate of drug-likeness (QED) is 0.803. The zero-order chi connectivity index (χ0) is 14.7. The van der Waals surface area contributed by atoms with Crippen LogP contribution in [0.25, 0.3) is 10.6 Å². The van der Waals surface area contributed by atoms with Crippen molar-refractivity contribution in [1.29, 1.82) is 0 Å². The van der Waals surface area contributed by atoms with E-state index in [4.69, 9.17) is 10.5 Å². The molecule has 2 aromatic heterocycles. The highest BCUT2D eigenvalue weighted by atomic mass is 32.1. The number of nitrogens with one attached hydrogen (secondary N) is 2. The van der Waals surface area contributed by atoms with Gasteiger partial charge in [0.05, 0.1) is 23.2 Å². The van der Waals surface area contributed by atoms with Crippen molar-refractivity contribution in [2.24, 2.45) is 11.7 Å². The molecule has 0 aliphatic carbocycles. The number of ether oxygens (including phenoxy) is 1. The van der Waals surface area contributed by atoms with E-state index in [9.17, 15) is 4.79 Å². The molecule has 6 nitrogen and oxygen atoms in total. The van der Waals surface area contributed by atoms with Gasteiger partial charge in [-0.3, -0.25) is 9.89 Å². The molecule has 1 amide bonds. The van der Waals surface area contributed by atoms with E-state index in [1.165, 1.54) is 0 Å². The van der Waals surface area contributed by atoms with Crippen LogP contribution in [0.3, 0.4) is 0 Å². The number of aromatic amines is 1. The molecule has 21 heavy (non-hydrogen) atoms. The Hall–Kier alpha value is -1.70. The molecule has 4 N–H and O–H groups in total. The van der Waals surface area contributed by atoms with Crippen molar-refractivity contribution in [3.63, 3.8) is 0 Å². The molecule has 112 valence electrons. The summed E-state index contributed by atoms with van der Waals surface area (Å²) in [6.45, 7) is 1.31. The number of nitrogens with two attached hydrogens (primary N) is 1. The summed E-state index contributed by atoms with van der Waals surface area (Å²) in [4.78, 5) is 13.2. The van der Waals surface area contributed by atoms with Crippen LogP contribution in [0.5, 0.6) is 0 Å². The van der Waals surface area contributed by atoms with Gasteiger partial charge < -0.3 is 15.8 Å². The molecule has 1 aliphatic rings. The molecule has 0 spiro atoms. The second-order valence-electron chi connectivity index (χ2n) is 5.14. The number of carbonyl (C=O) groups excluding carboxylic acids is 1. The fourth-order valence-electron chi connectivity index (χ4n) is 2.42. The summed E-state index contributed by atoms with van der Waals surface area (Å²) in [6.07, 6.45) is 1.88. The highest BCUT2D eigenvalue weighted by Gasteiger charge is 2.27. The summed E-state index contributed by atoms with van der Waals surface area (Å²) in [7, 11) is 0. The average Bonchev–Trinajstić information content (AvgIpc) is 3.18. The summed E-state index contributed by atoms with van der Waals surface area (Å²) >= 11 is 1.61. The first-order valence-corrected chi connectivity index (χ1v) is 7.85. The van der Waals surface area contributed by atoms with E-state index in [-0.39, 0.29) is 11.8 Å². The molecule has 2 atom stereocenters. The molecule has 2 aromatic rings. The van der Waals surface area contributed by atoms with Gasteiger partial charge >= 0.3 is 0 Å². The van der Waals surface area contributed by atoms with Gasteiger partial charge in [-0.05, 0) is 24.3 Å². The summed E-state index contributed by atoms with van der Waals surface area (Å²) in [5.41, 5.74) is 6.90. The zero-order valence-electron chi connectivity index (χ0n) is 11.5. The molecule has 1 saturated heterocycles. The van der Waals surface area contributed by atoms with Crippen LogP contribution < -0.4 is 11.1 Å². The predicted molar refractivity (Wildman–Crippen MR) is 82.0 cm³/mol. The summed E-state index contributed by atoms with van der Waals surface area (Å²) in [6, 6.07) is 5.22. The molecule has 1 fully saturated rings. The first kappa shape index (κ1) is 14.2. The van der Waals surface area contributed by atoms with Crippen molar-refractivity contribution in [1.82, 2.24) is 10.2 Å². The largest absolute Gasteiger partial charge is 0.381 e.